The van der Waals surface area contributed by atoms with Crippen molar-refractivity contribution in [1.29, 1.82) is 0 Å². The number of amides is 1. The topological polar surface area (TPSA) is 51.1 Å². The molecule has 2 heterocycles. The summed E-state index contributed by atoms with van der Waals surface area (Å²) in [5.74, 6) is -0.273. The van der Waals surface area contributed by atoms with Crippen molar-refractivity contribution in [3.63, 3.8) is 0 Å². The standard InChI is InChI=1S/C16H14N2O2S/c1-10-7-11(2)18(15(19)8-10)17-16(20)14-9-12-5-3-4-6-13(12)21-14/h3-9H,1-2H3,(H,17,20). The van der Waals surface area contributed by atoms with Gasteiger partial charge in [0.1, 0.15) is 0 Å². The van der Waals surface area contributed by atoms with Gasteiger partial charge in [-0.3, -0.25) is 15.0 Å². The van der Waals surface area contributed by atoms with Crippen LogP contribution in [0.15, 0.2) is 47.3 Å². The number of hydrogen-bond donors (Lipinski definition) is 1. The first-order chi connectivity index (χ1) is 10.0. The van der Waals surface area contributed by atoms with Gasteiger partial charge in [-0.1, -0.05) is 18.2 Å². The van der Waals surface area contributed by atoms with E-state index in [9.17, 15) is 9.59 Å². The van der Waals surface area contributed by atoms with Crippen LogP contribution >= 0.6 is 11.3 Å². The first kappa shape index (κ1) is 13.6. The summed E-state index contributed by atoms with van der Waals surface area (Å²) in [7, 11) is 0. The maximum absolute atomic E-state index is 12.3. The van der Waals surface area contributed by atoms with Gasteiger partial charge in [-0.25, -0.2) is 4.68 Å². The van der Waals surface area contributed by atoms with E-state index in [1.54, 1.807) is 6.92 Å². The van der Waals surface area contributed by atoms with Crippen molar-refractivity contribution >= 4 is 27.3 Å². The van der Waals surface area contributed by atoms with Crippen LogP contribution in [0.5, 0.6) is 0 Å². The molecule has 21 heavy (non-hydrogen) atoms. The number of nitrogens with zero attached hydrogens (tertiary/aromatic N) is 1. The fourth-order valence-corrected chi connectivity index (χ4v) is 3.22. The third-order valence-corrected chi connectivity index (χ3v) is 4.34. The Morgan fingerprint density at radius 2 is 1.90 bits per heavy atom. The number of rotatable bonds is 2. The van der Waals surface area contributed by atoms with Gasteiger partial charge in [0.25, 0.3) is 11.5 Å². The number of aryl methyl sites for hydroxylation is 2. The van der Waals surface area contributed by atoms with Crippen LogP contribution in [-0.2, 0) is 0 Å². The molecule has 2 aromatic heterocycles. The van der Waals surface area contributed by atoms with E-state index in [2.05, 4.69) is 5.43 Å². The molecule has 4 nitrogen and oxygen atoms in total. The monoisotopic (exact) mass is 298 g/mol. The van der Waals surface area contributed by atoms with Crippen LogP contribution in [0.4, 0.5) is 0 Å². The number of nitrogens with one attached hydrogen (secondary N) is 1. The number of pyridine rings is 1. The molecule has 106 valence electrons. The molecule has 0 saturated carbocycles. The summed E-state index contributed by atoms with van der Waals surface area (Å²) in [5.41, 5.74) is 4.01. The van der Waals surface area contributed by atoms with Gasteiger partial charge in [-0.15, -0.1) is 11.3 Å². The molecule has 0 radical (unpaired) electrons. The minimum absolute atomic E-state index is 0.234. The molecule has 3 rings (SSSR count). The Kier molecular flexibility index (Phi) is 3.35. The average Bonchev–Trinajstić information content (AvgIpc) is 2.86. The van der Waals surface area contributed by atoms with Gasteiger partial charge in [0.2, 0.25) is 0 Å². The lowest BCUT2D eigenvalue weighted by molar-refractivity contribution is 0.101. The number of fused-ring (bicyclic) bond motifs is 1. The van der Waals surface area contributed by atoms with Crippen LogP contribution in [-0.4, -0.2) is 10.6 Å². The molecule has 1 amide bonds. The van der Waals surface area contributed by atoms with Crippen molar-refractivity contribution in [3.05, 3.63) is 69.0 Å². The molecule has 0 bridgehead atoms. The predicted octanol–water partition coefficient (Wildman–Crippen LogP) is 3.06. The van der Waals surface area contributed by atoms with E-state index in [0.717, 1.165) is 15.6 Å². The second kappa shape index (κ2) is 5.18. The lowest BCUT2D eigenvalue weighted by atomic mass is 10.2. The van der Waals surface area contributed by atoms with E-state index in [1.807, 2.05) is 43.3 Å². The zero-order valence-corrected chi connectivity index (χ0v) is 12.5. The van der Waals surface area contributed by atoms with Gasteiger partial charge in [0, 0.05) is 16.5 Å². The maximum atomic E-state index is 12.3. The highest BCUT2D eigenvalue weighted by molar-refractivity contribution is 7.20. The Morgan fingerprint density at radius 3 is 2.62 bits per heavy atom. The molecule has 3 aromatic rings. The van der Waals surface area contributed by atoms with Gasteiger partial charge in [0.05, 0.1) is 4.88 Å². The van der Waals surface area contributed by atoms with Gasteiger partial charge in [-0.2, -0.15) is 0 Å². The van der Waals surface area contributed by atoms with E-state index in [0.29, 0.717) is 10.6 Å². The van der Waals surface area contributed by atoms with Crippen LogP contribution in [0.3, 0.4) is 0 Å². The Balaban J connectivity index is 1.95. The minimum atomic E-state index is -0.273. The summed E-state index contributed by atoms with van der Waals surface area (Å²) in [6, 6.07) is 13.0. The first-order valence-electron chi connectivity index (χ1n) is 6.55. The SMILES string of the molecule is Cc1cc(C)n(NC(=O)c2cc3ccccc3s2)c(=O)c1. The minimum Gasteiger partial charge on any atom is -0.267 e. The average molecular weight is 298 g/mol. The smallest absolute Gasteiger partial charge is 0.267 e. The van der Waals surface area contributed by atoms with E-state index < -0.39 is 0 Å². The molecule has 1 aromatic carbocycles. The van der Waals surface area contributed by atoms with Crippen molar-refractivity contribution < 1.29 is 4.79 Å². The summed E-state index contributed by atoms with van der Waals surface area (Å²) in [5, 5.41) is 1.03. The highest BCUT2D eigenvalue weighted by atomic mass is 32.1. The lowest BCUT2D eigenvalue weighted by Gasteiger charge is -2.10. The van der Waals surface area contributed by atoms with Gasteiger partial charge in [0.15, 0.2) is 0 Å². The number of hydrogen-bond acceptors (Lipinski definition) is 3. The fraction of sp³-hybridized carbons (Fsp3) is 0.125. The molecule has 0 aliphatic rings. The predicted molar refractivity (Wildman–Crippen MR) is 85.7 cm³/mol. The maximum Gasteiger partial charge on any atom is 0.280 e. The summed E-state index contributed by atoms with van der Waals surface area (Å²) >= 11 is 1.41. The largest absolute Gasteiger partial charge is 0.280 e. The third kappa shape index (κ3) is 2.60. The third-order valence-electron chi connectivity index (χ3n) is 3.22. The summed E-state index contributed by atoms with van der Waals surface area (Å²) in [6.45, 7) is 3.64. The Bertz CT molecular complexity index is 860. The normalized spacial score (nSPS) is 10.8. The number of carbonyl (C=O) groups is 1. The summed E-state index contributed by atoms with van der Waals surface area (Å²) in [4.78, 5) is 24.9. The first-order valence-corrected chi connectivity index (χ1v) is 7.36. The molecule has 0 aliphatic carbocycles. The van der Waals surface area contributed by atoms with Gasteiger partial charge in [-0.05, 0) is 43.0 Å². The molecule has 0 saturated heterocycles. The van der Waals surface area contributed by atoms with Crippen molar-refractivity contribution in [2.45, 2.75) is 13.8 Å². The molecule has 0 unspecified atom stereocenters. The molecule has 0 spiro atoms. The highest BCUT2D eigenvalue weighted by Gasteiger charge is 2.12. The zero-order valence-electron chi connectivity index (χ0n) is 11.7. The summed E-state index contributed by atoms with van der Waals surface area (Å²) in [6.07, 6.45) is 0. The lowest BCUT2D eigenvalue weighted by Crippen LogP contribution is -2.34. The molecule has 0 aliphatic heterocycles. The van der Waals surface area contributed by atoms with E-state index in [1.165, 1.54) is 22.1 Å². The van der Waals surface area contributed by atoms with Gasteiger partial charge >= 0.3 is 0 Å². The number of thiophene rings is 1. The van der Waals surface area contributed by atoms with Gasteiger partial charge < -0.3 is 0 Å². The molecular formula is C16H14N2O2S. The second-order valence-corrected chi connectivity index (χ2v) is 6.02. The van der Waals surface area contributed by atoms with Crippen LogP contribution in [0.2, 0.25) is 0 Å². The second-order valence-electron chi connectivity index (χ2n) is 4.94. The Morgan fingerprint density at radius 1 is 1.14 bits per heavy atom. The van der Waals surface area contributed by atoms with E-state index in [4.69, 9.17) is 0 Å². The molecule has 1 N–H and O–H groups in total. The number of carbonyl (C=O) groups excluding carboxylic acids is 1. The van der Waals surface area contributed by atoms with Crippen molar-refractivity contribution in [2.75, 3.05) is 5.43 Å². The Labute approximate surface area is 125 Å². The van der Waals surface area contributed by atoms with Crippen molar-refractivity contribution in [3.8, 4) is 0 Å². The van der Waals surface area contributed by atoms with Crippen LogP contribution in [0.1, 0.15) is 20.9 Å². The van der Waals surface area contributed by atoms with E-state index >= 15 is 0 Å². The highest BCUT2D eigenvalue weighted by Crippen LogP contribution is 2.25. The number of benzene rings is 1. The van der Waals surface area contributed by atoms with Crippen LogP contribution in [0.25, 0.3) is 10.1 Å². The fourth-order valence-electron chi connectivity index (χ4n) is 2.26. The van der Waals surface area contributed by atoms with Crippen molar-refractivity contribution in [2.24, 2.45) is 0 Å². The van der Waals surface area contributed by atoms with E-state index in [-0.39, 0.29) is 11.5 Å². The molecule has 0 atom stereocenters. The quantitative estimate of drug-likeness (QED) is 0.790. The summed E-state index contributed by atoms with van der Waals surface area (Å²) < 4.78 is 2.33. The molecule has 0 fully saturated rings. The van der Waals surface area contributed by atoms with Crippen molar-refractivity contribution in [1.82, 2.24) is 4.68 Å². The number of aromatic nitrogens is 1. The zero-order chi connectivity index (χ0) is 15.0. The molecular weight excluding hydrogens is 284 g/mol. The Hall–Kier alpha value is -2.40. The van der Waals surface area contributed by atoms with Crippen LogP contribution in [0, 0.1) is 13.8 Å². The molecule has 5 heteroatoms. The van der Waals surface area contributed by atoms with Crippen LogP contribution < -0.4 is 11.0 Å².